The molecule has 5 heteroatoms. The zero-order valence-electron chi connectivity index (χ0n) is 9.18. The lowest BCUT2D eigenvalue weighted by molar-refractivity contribution is -0.180. The summed E-state index contributed by atoms with van der Waals surface area (Å²) >= 11 is 0. The molecule has 0 unspecified atom stereocenters. The Labute approximate surface area is 98.4 Å². The van der Waals surface area contributed by atoms with Crippen molar-refractivity contribution >= 4 is 17.3 Å². The number of carbonyl (C=O) groups is 1. The van der Waals surface area contributed by atoms with Gasteiger partial charge in [0.2, 0.25) is 0 Å². The quantitative estimate of drug-likeness (QED) is 0.732. The molecule has 0 radical (unpaired) electrons. The number of rotatable bonds is 1. The van der Waals surface area contributed by atoms with Crippen molar-refractivity contribution in [2.75, 3.05) is 23.8 Å². The molecule has 1 fully saturated rings. The van der Waals surface area contributed by atoms with Crippen molar-refractivity contribution in [1.29, 1.82) is 0 Å². The number of hydrogen-bond acceptors (Lipinski definition) is 4. The van der Waals surface area contributed by atoms with Crippen molar-refractivity contribution in [3.05, 3.63) is 36.5 Å². The van der Waals surface area contributed by atoms with Crippen molar-refractivity contribution < 1.29 is 14.3 Å². The van der Waals surface area contributed by atoms with Crippen LogP contribution in [0, 0.1) is 0 Å². The van der Waals surface area contributed by atoms with Crippen LogP contribution in [0.3, 0.4) is 0 Å². The number of nitrogens with two attached hydrogens (primary N) is 1. The summed E-state index contributed by atoms with van der Waals surface area (Å²) in [6.07, 6.45) is 1.46. The van der Waals surface area contributed by atoms with Crippen LogP contribution in [0.4, 0.5) is 11.4 Å². The summed E-state index contributed by atoms with van der Waals surface area (Å²) in [6.45, 7) is 4.42. The third-order valence-electron chi connectivity index (χ3n) is 3.01. The normalized spacial score (nSPS) is 20.9. The fourth-order valence-electron chi connectivity index (χ4n) is 2.28. The number of nitrogen functional groups attached to an aromatic ring is 1. The maximum atomic E-state index is 12.3. The SMILES string of the molecule is C=CN1C(=O)C2(OCCO2)c2cc(N)ccc21. The predicted octanol–water partition coefficient (Wildman–Crippen LogP) is 0.958. The van der Waals surface area contributed by atoms with Crippen LogP contribution in [-0.4, -0.2) is 19.1 Å². The minimum Gasteiger partial charge on any atom is -0.399 e. The average Bonchev–Trinajstić information content (AvgIpc) is 2.88. The first-order chi connectivity index (χ1) is 8.19. The van der Waals surface area contributed by atoms with E-state index in [1.54, 1.807) is 18.2 Å². The van der Waals surface area contributed by atoms with Crippen molar-refractivity contribution in [2.24, 2.45) is 0 Å². The second-order valence-electron chi connectivity index (χ2n) is 3.95. The largest absolute Gasteiger partial charge is 0.399 e. The third kappa shape index (κ3) is 1.18. The zero-order chi connectivity index (χ0) is 12.0. The standard InChI is InChI=1S/C12H12N2O3/c1-2-14-10-4-3-8(13)7-9(10)12(11(14)15)16-5-6-17-12/h2-4,7H,1,5-6,13H2. The molecule has 0 aliphatic carbocycles. The Kier molecular flexibility index (Phi) is 2.01. The van der Waals surface area contributed by atoms with Crippen LogP contribution in [0.2, 0.25) is 0 Å². The molecule has 5 nitrogen and oxygen atoms in total. The molecular formula is C12H12N2O3. The molecule has 3 rings (SSSR count). The molecule has 1 aromatic carbocycles. The Bertz CT molecular complexity index is 506. The fraction of sp³-hybridized carbons (Fsp3) is 0.250. The molecule has 1 saturated heterocycles. The summed E-state index contributed by atoms with van der Waals surface area (Å²) in [5.74, 6) is -1.59. The Morgan fingerprint density at radius 3 is 2.76 bits per heavy atom. The number of nitrogens with zero attached hydrogens (tertiary/aromatic N) is 1. The van der Waals surface area contributed by atoms with Gasteiger partial charge in [0.05, 0.1) is 18.9 Å². The van der Waals surface area contributed by atoms with Crippen LogP contribution < -0.4 is 10.6 Å². The number of carbonyl (C=O) groups excluding carboxylic acids is 1. The highest BCUT2D eigenvalue weighted by molar-refractivity contribution is 6.07. The Hall–Kier alpha value is -1.85. The van der Waals surface area contributed by atoms with Gasteiger partial charge in [-0.05, 0) is 18.2 Å². The molecule has 2 aliphatic rings. The highest BCUT2D eigenvalue weighted by Gasteiger charge is 2.55. The molecule has 0 bridgehead atoms. The van der Waals surface area contributed by atoms with E-state index >= 15 is 0 Å². The summed E-state index contributed by atoms with van der Waals surface area (Å²) in [6, 6.07) is 5.21. The summed E-state index contributed by atoms with van der Waals surface area (Å²) in [5, 5.41) is 0. The van der Waals surface area contributed by atoms with Gasteiger partial charge in [0.15, 0.2) is 0 Å². The summed E-state index contributed by atoms with van der Waals surface area (Å²) in [4.78, 5) is 13.7. The summed E-state index contributed by atoms with van der Waals surface area (Å²) < 4.78 is 11.0. The van der Waals surface area contributed by atoms with E-state index in [1.165, 1.54) is 11.1 Å². The van der Waals surface area contributed by atoms with Gasteiger partial charge in [0.1, 0.15) is 0 Å². The molecule has 88 valence electrons. The van der Waals surface area contributed by atoms with E-state index in [9.17, 15) is 4.79 Å². The molecule has 1 amide bonds. The first-order valence-electron chi connectivity index (χ1n) is 5.33. The van der Waals surface area contributed by atoms with Gasteiger partial charge in [0, 0.05) is 17.5 Å². The lowest BCUT2D eigenvalue weighted by atomic mass is 10.1. The van der Waals surface area contributed by atoms with Gasteiger partial charge in [-0.1, -0.05) is 6.58 Å². The van der Waals surface area contributed by atoms with E-state index in [0.29, 0.717) is 30.2 Å². The number of ether oxygens (including phenoxy) is 2. The van der Waals surface area contributed by atoms with Crippen LogP contribution in [0.25, 0.3) is 0 Å². The van der Waals surface area contributed by atoms with Crippen LogP contribution in [-0.2, 0) is 20.1 Å². The van der Waals surface area contributed by atoms with Crippen LogP contribution >= 0.6 is 0 Å². The van der Waals surface area contributed by atoms with Crippen LogP contribution in [0.15, 0.2) is 31.0 Å². The van der Waals surface area contributed by atoms with Crippen molar-refractivity contribution in [3.8, 4) is 0 Å². The van der Waals surface area contributed by atoms with Crippen molar-refractivity contribution in [2.45, 2.75) is 5.79 Å². The number of benzene rings is 1. The van der Waals surface area contributed by atoms with Gasteiger partial charge in [-0.2, -0.15) is 0 Å². The highest BCUT2D eigenvalue weighted by atomic mass is 16.7. The zero-order valence-corrected chi connectivity index (χ0v) is 9.18. The van der Waals surface area contributed by atoms with Crippen LogP contribution in [0.5, 0.6) is 0 Å². The monoisotopic (exact) mass is 232 g/mol. The van der Waals surface area contributed by atoms with E-state index in [-0.39, 0.29) is 5.91 Å². The molecule has 2 aliphatic heterocycles. The van der Waals surface area contributed by atoms with Crippen molar-refractivity contribution in [3.63, 3.8) is 0 Å². The molecule has 17 heavy (non-hydrogen) atoms. The van der Waals surface area contributed by atoms with E-state index in [2.05, 4.69) is 6.58 Å². The lowest BCUT2D eigenvalue weighted by Crippen LogP contribution is -2.38. The summed E-state index contributed by atoms with van der Waals surface area (Å²) in [5.41, 5.74) is 7.68. The number of anilines is 2. The van der Waals surface area contributed by atoms with Gasteiger partial charge >= 0.3 is 0 Å². The van der Waals surface area contributed by atoms with E-state index in [0.717, 1.165) is 0 Å². The number of hydrogen-bond donors (Lipinski definition) is 1. The maximum Gasteiger partial charge on any atom is 0.296 e. The maximum absolute atomic E-state index is 12.3. The minimum absolute atomic E-state index is 0.273. The predicted molar refractivity (Wildman–Crippen MR) is 62.1 cm³/mol. The molecule has 0 atom stereocenters. The second-order valence-corrected chi connectivity index (χ2v) is 3.95. The molecule has 2 heterocycles. The molecule has 0 aromatic heterocycles. The fourth-order valence-corrected chi connectivity index (χ4v) is 2.28. The van der Waals surface area contributed by atoms with E-state index < -0.39 is 5.79 Å². The molecule has 1 spiro atoms. The molecule has 0 saturated carbocycles. The Balaban J connectivity index is 2.24. The molecular weight excluding hydrogens is 220 g/mol. The van der Waals surface area contributed by atoms with Gasteiger partial charge in [0.25, 0.3) is 11.7 Å². The van der Waals surface area contributed by atoms with Gasteiger partial charge in [-0.25, -0.2) is 0 Å². The smallest absolute Gasteiger partial charge is 0.296 e. The number of amides is 1. The van der Waals surface area contributed by atoms with Crippen LogP contribution in [0.1, 0.15) is 5.56 Å². The third-order valence-corrected chi connectivity index (χ3v) is 3.01. The van der Waals surface area contributed by atoms with Crippen molar-refractivity contribution in [1.82, 2.24) is 0 Å². The first kappa shape index (κ1) is 10.3. The minimum atomic E-state index is -1.32. The Morgan fingerprint density at radius 2 is 2.12 bits per heavy atom. The second kappa shape index (κ2) is 3.32. The van der Waals surface area contributed by atoms with E-state index in [4.69, 9.17) is 15.2 Å². The Morgan fingerprint density at radius 1 is 1.41 bits per heavy atom. The van der Waals surface area contributed by atoms with Gasteiger partial charge in [-0.3, -0.25) is 9.69 Å². The first-order valence-corrected chi connectivity index (χ1v) is 5.33. The lowest BCUT2D eigenvalue weighted by Gasteiger charge is -2.20. The highest BCUT2D eigenvalue weighted by Crippen LogP contribution is 2.46. The molecule has 2 N–H and O–H groups in total. The van der Waals surface area contributed by atoms with E-state index in [1.807, 2.05) is 0 Å². The number of fused-ring (bicyclic) bond motifs is 2. The topological polar surface area (TPSA) is 64.8 Å². The van der Waals surface area contributed by atoms with Gasteiger partial charge < -0.3 is 15.2 Å². The average molecular weight is 232 g/mol. The summed E-state index contributed by atoms with van der Waals surface area (Å²) in [7, 11) is 0. The van der Waals surface area contributed by atoms with Gasteiger partial charge in [-0.15, -0.1) is 0 Å². The molecule has 1 aromatic rings.